The Balaban J connectivity index is 2.09. The summed E-state index contributed by atoms with van der Waals surface area (Å²) in [6, 6.07) is 3.84. The van der Waals surface area contributed by atoms with E-state index in [0.717, 1.165) is 30.6 Å². The van der Waals surface area contributed by atoms with Gasteiger partial charge in [-0.25, -0.2) is 0 Å². The molecule has 0 radical (unpaired) electrons. The summed E-state index contributed by atoms with van der Waals surface area (Å²) < 4.78 is 0. The summed E-state index contributed by atoms with van der Waals surface area (Å²) in [7, 11) is 0. The van der Waals surface area contributed by atoms with Crippen LogP contribution in [0.1, 0.15) is 94.7 Å². The first kappa shape index (κ1) is 18.6. The van der Waals surface area contributed by atoms with Gasteiger partial charge >= 0.3 is 0 Å². The Bertz CT molecular complexity index is 548. The van der Waals surface area contributed by atoms with E-state index in [2.05, 4.69) is 31.7 Å². The third kappa shape index (κ3) is 3.83. The standard InChI is InChI=1S/C23H38N2/c1-4-18-16-17(3)22(24)21(5-2)23(18)25(19-12-8-6-9-13-19)20-14-10-7-11-15-20/h16,19-20H,4-15,24H2,1-3H3. The number of rotatable bonds is 5. The normalized spacial score (nSPS) is 20.0. The fourth-order valence-corrected chi connectivity index (χ4v) is 5.30. The van der Waals surface area contributed by atoms with Crippen molar-refractivity contribution in [3.05, 3.63) is 22.8 Å². The van der Waals surface area contributed by atoms with Crippen LogP contribution in [0.15, 0.2) is 6.07 Å². The smallest absolute Gasteiger partial charge is 0.0457 e. The summed E-state index contributed by atoms with van der Waals surface area (Å²) >= 11 is 0. The van der Waals surface area contributed by atoms with Crippen molar-refractivity contribution in [1.29, 1.82) is 0 Å². The van der Waals surface area contributed by atoms with Crippen molar-refractivity contribution in [1.82, 2.24) is 0 Å². The molecule has 140 valence electrons. The first-order chi connectivity index (χ1) is 12.2. The molecule has 0 saturated heterocycles. The fourth-order valence-electron chi connectivity index (χ4n) is 5.30. The molecule has 2 saturated carbocycles. The highest BCUT2D eigenvalue weighted by Crippen LogP contribution is 2.41. The third-order valence-electron chi connectivity index (χ3n) is 6.66. The molecule has 2 aliphatic rings. The molecule has 2 heteroatoms. The molecule has 2 fully saturated rings. The number of nitrogens with two attached hydrogens (primary N) is 1. The van der Waals surface area contributed by atoms with E-state index in [-0.39, 0.29) is 0 Å². The van der Waals surface area contributed by atoms with E-state index < -0.39 is 0 Å². The molecule has 0 unspecified atom stereocenters. The molecule has 2 aliphatic carbocycles. The first-order valence-electron chi connectivity index (χ1n) is 10.9. The second kappa shape index (κ2) is 8.47. The Hall–Kier alpha value is -1.18. The van der Waals surface area contributed by atoms with E-state index in [1.807, 2.05) is 0 Å². The summed E-state index contributed by atoms with van der Waals surface area (Å²) in [6.07, 6.45) is 16.1. The molecule has 3 rings (SSSR count). The maximum atomic E-state index is 6.59. The molecule has 1 aromatic carbocycles. The fraction of sp³-hybridized carbons (Fsp3) is 0.739. The molecule has 25 heavy (non-hydrogen) atoms. The van der Waals surface area contributed by atoms with Gasteiger partial charge in [0.1, 0.15) is 0 Å². The topological polar surface area (TPSA) is 29.3 Å². The van der Waals surface area contributed by atoms with E-state index in [9.17, 15) is 0 Å². The van der Waals surface area contributed by atoms with E-state index in [0.29, 0.717) is 0 Å². The number of hydrogen-bond acceptors (Lipinski definition) is 2. The first-order valence-corrected chi connectivity index (χ1v) is 10.9. The lowest BCUT2D eigenvalue weighted by molar-refractivity contribution is 0.339. The zero-order valence-corrected chi connectivity index (χ0v) is 16.7. The van der Waals surface area contributed by atoms with E-state index >= 15 is 0 Å². The number of anilines is 2. The predicted molar refractivity (Wildman–Crippen MR) is 111 cm³/mol. The van der Waals surface area contributed by atoms with Crippen LogP contribution < -0.4 is 10.6 Å². The molecule has 0 bridgehead atoms. The minimum atomic E-state index is 0.731. The molecule has 1 aromatic rings. The summed E-state index contributed by atoms with van der Waals surface area (Å²) in [5.74, 6) is 0. The Morgan fingerprint density at radius 3 is 1.84 bits per heavy atom. The molecular weight excluding hydrogens is 304 g/mol. The third-order valence-corrected chi connectivity index (χ3v) is 6.66. The van der Waals surface area contributed by atoms with Crippen molar-refractivity contribution < 1.29 is 0 Å². The number of hydrogen-bond donors (Lipinski definition) is 1. The van der Waals surface area contributed by atoms with Gasteiger partial charge in [-0.1, -0.05) is 58.4 Å². The monoisotopic (exact) mass is 342 g/mol. The van der Waals surface area contributed by atoms with Crippen molar-refractivity contribution in [2.75, 3.05) is 10.6 Å². The Labute approximate surface area is 155 Å². The van der Waals surface area contributed by atoms with Crippen LogP contribution in [0, 0.1) is 6.92 Å². The van der Waals surface area contributed by atoms with Crippen LogP contribution in [0.3, 0.4) is 0 Å². The number of aryl methyl sites for hydroxylation is 2. The van der Waals surface area contributed by atoms with Crippen molar-refractivity contribution in [3.8, 4) is 0 Å². The minimum Gasteiger partial charge on any atom is -0.398 e. The molecule has 2 N–H and O–H groups in total. The average molecular weight is 343 g/mol. The number of nitrogen functional groups attached to an aromatic ring is 1. The van der Waals surface area contributed by atoms with E-state index in [4.69, 9.17) is 5.73 Å². The van der Waals surface area contributed by atoms with Gasteiger partial charge in [-0.15, -0.1) is 0 Å². The molecule has 0 spiro atoms. The van der Waals surface area contributed by atoms with Crippen molar-refractivity contribution in [3.63, 3.8) is 0 Å². The zero-order valence-electron chi connectivity index (χ0n) is 16.7. The van der Waals surface area contributed by atoms with Gasteiger partial charge in [-0.3, -0.25) is 0 Å². The molecule has 0 amide bonds. The Morgan fingerprint density at radius 1 is 0.880 bits per heavy atom. The highest BCUT2D eigenvalue weighted by atomic mass is 15.2. The molecule has 2 nitrogen and oxygen atoms in total. The lowest BCUT2D eigenvalue weighted by atomic mass is 9.86. The van der Waals surface area contributed by atoms with Crippen LogP contribution in [0.4, 0.5) is 11.4 Å². The summed E-state index contributed by atoms with van der Waals surface area (Å²) in [5.41, 5.74) is 13.4. The van der Waals surface area contributed by atoms with Gasteiger partial charge in [0, 0.05) is 23.5 Å². The van der Waals surface area contributed by atoms with Crippen LogP contribution in [0.25, 0.3) is 0 Å². The van der Waals surface area contributed by atoms with Crippen molar-refractivity contribution in [2.45, 2.75) is 110 Å². The minimum absolute atomic E-state index is 0.731. The van der Waals surface area contributed by atoms with Crippen LogP contribution in [-0.4, -0.2) is 12.1 Å². The second-order valence-corrected chi connectivity index (χ2v) is 8.29. The maximum absolute atomic E-state index is 6.59. The maximum Gasteiger partial charge on any atom is 0.0457 e. The summed E-state index contributed by atoms with van der Waals surface area (Å²) in [5, 5.41) is 0. The molecule has 0 aliphatic heterocycles. The largest absolute Gasteiger partial charge is 0.398 e. The summed E-state index contributed by atoms with van der Waals surface area (Å²) in [4.78, 5) is 2.89. The van der Waals surface area contributed by atoms with Crippen LogP contribution in [-0.2, 0) is 12.8 Å². The second-order valence-electron chi connectivity index (χ2n) is 8.29. The van der Waals surface area contributed by atoms with Gasteiger partial charge in [0.2, 0.25) is 0 Å². The molecule has 0 heterocycles. The van der Waals surface area contributed by atoms with Crippen molar-refractivity contribution in [2.24, 2.45) is 0 Å². The Morgan fingerprint density at radius 2 is 1.40 bits per heavy atom. The number of nitrogens with zero attached hydrogens (tertiary/aromatic N) is 1. The highest BCUT2D eigenvalue weighted by molar-refractivity contribution is 5.72. The van der Waals surface area contributed by atoms with Crippen LogP contribution in [0.5, 0.6) is 0 Å². The SMILES string of the molecule is CCc1cc(C)c(N)c(CC)c1N(C1CCCCC1)C1CCCCC1. The van der Waals surface area contributed by atoms with Gasteiger partial charge in [0.25, 0.3) is 0 Å². The Kier molecular flexibility index (Phi) is 6.30. The quantitative estimate of drug-likeness (QED) is 0.648. The lowest BCUT2D eigenvalue weighted by Crippen LogP contribution is -2.46. The van der Waals surface area contributed by atoms with Crippen LogP contribution >= 0.6 is 0 Å². The van der Waals surface area contributed by atoms with Crippen molar-refractivity contribution >= 4 is 11.4 Å². The van der Waals surface area contributed by atoms with Gasteiger partial charge in [-0.2, -0.15) is 0 Å². The molecule has 0 aromatic heterocycles. The zero-order chi connectivity index (χ0) is 17.8. The number of benzene rings is 1. The molecular formula is C23H38N2. The summed E-state index contributed by atoms with van der Waals surface area (Å²) in [6.45, 7) is 6.78. The van der Waals surface area contributed by atoms with E-state index in [1.54, 1.807) is 0 Å². The molecule has 0 atom stereocenters. The van der Waals surface area contributed by atoms with Gasteiger partial charge < -0.3 is 10.6 Å². The highest BCUT2D eigenvalue weighted by Gasteiger charge is 2.32. The van der Waals surface area contributed by atoms with Gasteiger partial charge in [0.15, 0.2) is 0 Å². The van der Waals surface area contributed by atoms with E-state index in [1.165, 1.54) is 86.6 Å². The predicted octanol–water partition coefficient (Wildman–Crippen LogP) is 6.17. The lowest BCUT2D eigenvalue weighted by Gasteiger charge is -2.45. The van der Waals surface area contributed by atoms with Gasteiger partial charge in [0.05, 0.1) is 0 Å². The average Bonchev–Trinajstić information content (AvgIpc) is 2.66. The van der Waals surface area contributed by atoms with Gasteiger partial charge in [-0.05, 0) is 62.1 Å². The van der Waals surface area contributed by atoms with Crippen LogP contribution in [0.2, 0.25) is 0 Å².